The second kappa shape index (κ2) is 8.64. The van der Waals surface area contributed by atoms with Crippen LogP contribution in [0.25, 0.3) is 0 Å². The molecule has 0 spiro atoms. The Kier molecular flexibility index (Phi) is 8.43. The van der Waals surface area contributed by atoms with Gasteiger partial charge in [-0.05, 0) is 44.3 Å². The van der Waals surface area contributed by atoms with Crippen molar-refractivity contribution >= 4 is 14.1 Å². The Bertz CT molecular complexity index is 226. The molecular formula is C14H28O2Si. The van der Waals surface area contributed by atoms with Crippen molar-refractivity contribution < 1.29 is 9.22 Å². The first-order chi connectivity index (χ1) is 8.05. The molecule has 0 fully saturated rings. The summed E-state index contributed by atoms with van der Waals surface area (Å²) >= 11 is 0. The first-order valence-electron chi connectivity index (χ1n) is 6.84. The molecule has 0 N–H and O–H groups in total. The minimum Gasteiger partial charge on any atom is -0.407 e. The summed E-state index contributed by atoms with van der Waals surface area (Å²) in [6.07, 6.45) is 4.53. The molecule has 0 aliphatic carbocycles. The zero-order chi connectivity index (χ0) is 13.3. The molecule has 0 bridgehead atoms. The van der Waals surface area contributed by atoms with Gasteiger partial charge in [0.05, 0.1) is 0 Å². The lowest BCUT2D eigenvalue weighted by atomic mass is 10.1. The molecule has 0 aromatic rings. The zero-order valence-electron chi connectivity index (χ0n) is 11.9. The Morgan fingerprint density at radius 2 is 1.82 bits per heavy atom. The summed E-state index contributed by atoms with van der Waals surface area (Å²) in [6.45, 7) is 11.9. The molecule has 0 heterocycles. The van der Waals surface area contributed by atoms with E-state index in [0.29, 0.717) is 0 Å². The SMILES string of the molecule is C=CCCCC(O[Si](CC)(CC)CC)C(C)=O. The lowest BCUT2D eigenvalue weighted by Gasteiger charge is -2.32. The van der Waals surface area contributed by atoms with E-state index in [2.05, 4.69) is 27.4 Å². The van der Waals surface area contributed by atoms with E-state index in [4.69, 9.17) is 4.43 Å². The monoisotopic (exact) mass is 256 g/mol. The molecule has 0 amide bonds. The number of allylic oxidation sites excluding steroid dienone is 1. The summed E-state index contributed by atoms with van der Waals surface area (Å²) < 4.78 is 6.25. The average molecular weight is 256 g/mol. The summed E-state index contributed by atoms with van der Waals surface area (Å²) in [7, 11) is -1.65. The van der Waals surface area contributed by atoms with Crippen LogP contribution >= 0.6 is 0 Å². The van der Waals surface area contributed by atoms with Crippen LogP contribution in [0.5, 0.6) is 0 Å². The number of ketones is 1. The van der Waals surface area contributed by atoms with Gasteiger partial charge in [-0.2, -0.15) is 0 Å². The van der Waals surface area contributed by atoms with Gasteiger partial charge >= 0.3 is 0 Å². The van der Waals surface area contributed by atoms with Crippen LogP contribution in [0.2, 0.25) is 18.1 Å². The molecule has 0 aromatic heterocycles. The molecule has 0 saturated carbocycles. The number of carbonyl (C=O) groups excluding carboxylic acids is 1. The molecule has 3 heteroatoms. The van der Waals surface area contributed by atoms with Gasteiger partial charge < -0.3 is 4.43 Å². The molecule has 100 valence electrons. The van der Waals surface area contributed by atoms with Crippen LogP contribution in [-0.2, 0) is 9.22 Å². The van der Waals surface area contributed by atoms with Gasteiger partial charge in [-0.3, -0.25) is 4.79 Å². The van der Waals surface area contributed by atoms with Gasteiger partial charge in [-0.1, -0.05) is 26.8 Å². The Morgan fingerprint density at radius 3 is 2.18 bits per heavy atom. The van der Waals surface area contributed by atoms with Crippen LogP contribution in [0.4, 0.5) is 0 Å². The fourth-order valence-electron chi connectivity index (χ4n) is 2.09. The van der Waals surface area contributed by atoms with E-state index in [9.17, 15) is 4.79 Å². The highest BCUT2D eigenvalue weighted by atomic mass is 28.4. The molecule has 0 aliphatic rings. The van der Waals surface area contributed by atoms with Crippen LogP contribution < -0.4 is 0 Å². The Balaban J connectivity index is 4.49. The number of carbonyl (C=O) groups is 1. The molecular weight excluding hydrogens is 228 g/mol. The minimum absolute atomic E-state index is 0.179. The van der Waals surface area contributed by atoms with E-state index in [0.717, 1.165) is 37.4 Å². The number of rotatable bonds is 10. The van der Waals surface area contributed by atoms with Crippen molar-refractivity contribution in [1.29, 1.82) is 0 Å². The zero-order valence-corrected chi connectivity index (χ0v) is 12.9. The maximum absolute atomic E-state index is 11.6. The van der Waals surface area contributed by atoms with Gasteiger partial charge in [0.2, 0.25) is 0 Å². The number of hydrogen-bond acceptors (Lipinski definition) is 2. The Hall–Kier alpha value is -0.413. The van der Waals surface area contributed by atoms with E-state index in [1.807, 2.05) is 6.08 Å². The number of hydrogen-bond donors (Lipinski definition) is 0. The highest BCUT2D eigenvalue weighted by molar-refractivity contribution is 6.73. The van der Waals surface area contributed by atoms with Gasteiger partial charge in [0.25, 0.3) is 0 Å². The van der Waals surface area contributed by atoms with Crippen molar-refractivity contribution in [2.75, 3.05) is 0 Å². The van der Waals surface area contributed by atoms with Crippen molar-refractivity contribution in [3.63, 3.8) is 0 Å². The van der Waals surface area contributed by atoms with Crippen LogP contribution in [-0.4, -0.2) is 20.2 Å². The van der Waals surface area contributed by atoms with Crippen LogP contribution in [0.15, 0.2) is 12.7 Å². The van der Waals surface area contributed by atoms with E-state index in [1.54, 1.807) is 6.92 Å². The third kappa shape index (κ3) is 5.64. The average Bonchev–Trinajstić information content (AvgIpc) is 2.34. The van der Waals surface area contributed by atoms with Gasteiger partial charge in [-0.15, -0.1) is 6.58 Å². The topological polar surface area (TPSA) is 26.3 Å². The first-order valence-corrected chi connectivity index (χ1v) is 9.37. The summed E-state index contributed by atoms with van der Waals surface area (Å²) in [5.41, 5.74) is 0. The van der Waals surface area contributed by atoms with E-state index >= 15 is 0 Å². The lowest BCUT2D eigenvalue weighted by molar-refractivity contribution is -0.124. The quantitative estimate of drug-likeness (QED) is 0.330. The van der Waals surface area contributed by atoms with Crippen LogP contribution in [0.3, 0.4) is 0 Å². The smallest absolute Gasteiger partial charge is 0.193 e. The van der Waals surface area contributed by atoms with Crippen molar-refractivity contribution in [2.45, 2.75) is 71.2 Å². The molecule has 0 aliphatic heterocycles. The van der Waals surface area contributed by atoms with Crippen LogP contribution in [0, 0.1) is 0 Å². The lowest BCUT2D eigenvalue weighted by Crippen LogP contribution is -2.42. The van der Waals surface area contributed by atoms with Crippen molar-refractivity contribution in [1.82, 2.24) is 0 Å². The molecule has 0 radical (unpaired) electrons. The normalized spacial score (nSPS) is 13.4. The van der Waals surface area contributed by atoms with Gasteiger partial charge in [0.1, 0.15) is 6.10 Å². The third-order valence-electron chi connectivity index (χ3n) is 3.65. The summed E-state index contributed by atoms with van der Waals surface area (Å²) in [5, 5.41) is 0. The standard InChI is InChI=1S/C14H28O2Si/c1-6-10-11-12-14(13(5)15)16-17(7-2,8-3)9-4/h6,14H,1,7-12H2,2-5H3. The Morgan fingerprint density at radius 1 is 1.29 bits per heavy atom. The molecule has 17 heavy (non-hydrogen) atoms. The fourth-order valence-corrected chi connectivity index (χ4v) is 4.98. The fraction of sp³-hybridized carbons (Fsp3) is 0.786. The van der Waals surface area contributed by atoms with Crippen molar-refractivity contribution in [3.8, 4) is 0 Å². The second-order valence-corrected chi connectivity index (χ2v) is 9.40. The molecule has 2 nitrogen and oxygen atoms in total. The molecule has 1 unspecified atom stereocenters. The summed E-state index contributed by atoms with van der Waals surface area (Å²) in [4.78, 5) is 11.6. The van der Waals surface area contributed by atoms with Crippen molar-refractivity contribution in [3.05, 3.63) is 12.7 Å². The maximum atomic E-state index is 11.6. The second-order valence-electron chi connectivity index (χ2n) is 4.68. The van der Waals surface area contributed by atoms with E-state index in [1.165, 1.54) is 0 Å². The largest absolute Gasteiger partial charge is 0.407 e. The number of unbranched alkanes of at least 4 members (excludes halogenated alkanes) is 1. The highest BCUT2D eigenvalue weighted by Gasteiger charge is 2.33. The Labute approximate surface area is 108 Å². The van der Waals surface area contributed by atoms with Gasteiger partial charge in [-0.25, -0.2) is 0 Å². The van der Waals surface area contributed by atoms with Gasteiger partial charge in [0, 0.05) is 0 Å². The van der Waals surface area contributed by atoms with E-state index in [-0.39, 0.29) is 11.9 Å². The highest BCUT2D eigenvalue weighted by Crippen LogP contribution is 2.25. The van der Waals surface area contributed by atoms with Crippen molar-refractivity contribution in [2.24, 2.45) is 0 Å². The number of Topliss-reactive ketones (excluding diaryl/α,β-unsaturated/α-hetero) is 1. The molecule has 0 rings (SSSR count). The van der Waals surface area contributed by atoms with E-state index < -0.39 is 8.32 Å². The predicted molar refractivity (Wildman–Crippen MR) is 76.8 cm³/mol. The predicted octanol–water partition coefficient (Wildman–Crippen LogP) is 4.32. The third-order valence-corrected chi connectivity index (χ3v) is 8.30. The minimum atomic E-state index is -1.65. The maximum Gasteiger partial charge on any atom is 0.193 e. The summed E-state index contributed by atoms with van der Waals surface area (Å²) in [5.74, 6) is 0.182. The molecule has 0 saturated heterocycles. The van der Waals surface area contributed by atoms with Crippen LogP contribution in [0.1, 0.15) is 47.0 Å². The van der Waals surface area contributed by atoms with Gasteiger partial charge in [0.15, 0.2) is 14.1 Å². The first kappa shape index (κ1) is 16.6. The molecule has 1 atom stereocenters. The molecule has 0 aromatic carbocycles. The summed E-state index contributed by atoms with van der Waals surface area (Å²) in [6, 6.07) is 3.31.